The molecule has 1 aliphatic rings. The van der Waals surface area contributed by atoms with Crippen molar-refractivity contribution in [3.8, 4) is 0 Å². The molecule has 4 atom stereocenters. The van der Waals surface area contributed by atoms with Crippen LogP contribution in [0.15, 0.2) is 48.5 Å². The topological polar surface area (TPSA) is 63.9 Å². The van der Waals surface area contributed by atoms with Gasteiger partial charge < -0.3 is 15.3 Å². The predicted molar refractivity (Wildman–Crippen MR) is 88.7 cm³/mol. The van der Waals surface area contributed by atoms with Crippen molar-refractivity contribution in [2.45, 2.75) is 37.3 Å². The zero-order valence-corrected chi connectivity index (χ0v) is 13.6. The first kappa shape index (κ1) is 17.9. The second kappa shape index (κ2) is 7.58. The molecule has 1 heterocycles. The number of benzene rings is 2. The lowest BCUT2D eigenvalue weighted by atomic mass is 10.0. The van der Waals surface area contributed by atoms with Crippen LogP contribution in [0.3, 0.4) is 0 Å². The maximum absolute atomic E-state index is 14.0. The summed E-state index contributed by atoms with van der Waals surface area (Å²) < 4.78 is 27.5. The Hall–Kier alpha value is -1.86. The first-order valence-electron chi connectivity index (χ1n) is 8.22. The summed E-state index contributed by atoms with van der Waals surface area (Å²) >= 11 is 0. The van der Waals surface area contributed by atoms with E-state index in [9.17, 15) is 24.1 Å². The lowest BCUT2D eigenvalue weighted by Gasteiger charge is -2.30. The third-order valence-electron chi connectivity index (χ3n) is 4.85. The van der Waals surface area contributed by atoms with E-state index in [1.54, 1.807) is 4.90 Å². The second-order valence-corrected chi connectivity index (χ2v) is 6.37. The van der Waals surface area contributed by atoms with Crippen LogP contribution in [0.1, 0.15) is 11.1 Å². The summed E-state index contributed by atoms with van der Waals surface area (Å²) in [7, 11) is 0. The van der Waals surface area contributed by atoms with Crippen molar-refractivity contribution in [2.75, 3.05) is 6.61 Å². The van der Waals surface area contributed by atoms with Gasteiger partial charge in [0.1, 0.15) is 0 Å². The van der Waals surface area contributed by atoms with Gasteiger partial charge in [-0.1, -0.05) is 42.5 Å². The average Bonchev–Trinajstić information content (AvgIpc) is 2.84. The average molecular weight is 349 g/mol. The molecule has 25 heavy (non-hydrogen) atoms. The van der Waals surface area contributed by atoms with E-state index < -0.39 is 35.9 Å². The molecule has 3 rings (SSSR count). The maximum Gasteiger partial charge on any atom is 0.163 e. The van der Waals surface area contributed by atoms with Crippen LogP contribution in [-0.2, 0) is 13.0 Å². The Morgan fingerprint density at radius 2 is 1.56 bits per heavy atom. The molecule has 0 bridgehead atoms. The lowest BCUT2D eigenvalue weighted by Crippen LogP contribution is -2.42. The number of aliphatic hydroxyl groups is 3. The van der Waals surface area contributed by atoms with Crippen molar-refractivity contribution < 1.29 is 24.1 Å². The van der Waals surface area contributed by atoms with Crippen molar-refractivity contribution in [1.82, 2.24) is 4.90 Å². The largest absolute Gasteiger partial charge is 0.395 e. The van der Waals surface area contributed by atoms with Crippen molar-refractivity contribution >= 4 is 0 Å². The molecular weight excluding hydrogens is 328 g/mol. The summed E-state index contributed by atoms with van der Waals surface area (Å²) in [5, 5.41) is 30.3. The lowest BCUT2D eigenvalue weighted by molar-refractivity contribution is 0.0178. The van der Waals surface area contributed by atoms with Crippen LogP contribution in [0, 0.1) is 11.6 Å². The molecule has 0 aromatic heterocycles. The Bertz CT molecular complexity index is 713. The van der Waals surface area contributed by atoms with Crippen molar-refractivity contribution in [3.05, 3.63) is 71.3 Å². The first-order chi connectivity index (χ1) is 12.0. The molecule has 1 aliphatic heterocycles. The Balaban J connectivity index is 1.89. The van der Waals surface area contributed by atoms with E-state index in [2.05, 4.69) is 0 Å². The van der Waals surface area contributed by atoms with Gasteiger partial charge in [-0.15, -0.1) is 0 Å². The van der Waals surface area contributed by atoms with E-state index in [0.717, 1.165) is 11.6 Å². The fourth-order valence-corrected chi connectivity index (χ4v) is 3.50. The Kier molecular flexibility index (Phi) is 5.44. The molecule has 2 aromatic rings. The summed E-state index contributed by atoms with van der Waals surface area (Å²) in [4.78, 5) is 1.65. The summed E-state index contributed by atoms with van der Waals surface area (Å²) in [6.45, 7) is -0.402. The van der Waals surface area contributed by atoms with Crippen molar-refractivity contribution in [2.24, 2.45) is 0 Å². The summed E-state index contributed by atoms with van der Waals surface area (Å²) in [6, 6.07) is 12.1. The highest BCUT2D eigenvalue weighted by atomic mass is 19.2. The van der Waals surface area contributed by atoms with E-state index in [0.29, 0.717) is 6.42 Å². The molecule has 0 unspecified atom stereocenters. The highest BCUT2D eigenvalue weighted by Crippen LogP contribution is 2.30. The van der Waals surface area contributed by atoms with Crippen molar-refractivity contribution in [1.29, 1.82) is 0 Å². The van der Waals surface area contributed by atoms with Crippen LogP contribution in [0.5, 0.6) is 0 Å². The number of rotatable bonds is 5. The van der Waals surface area contributed by atoms with E-state index >= 15 is 0 Å². The molecule has 0 aliphatic carbocycles. The minimum absolute atomic E-state index is 0.0135. The zero-order chi connectivity index (χ0) is 18.0. The maximum atomic E-state index is 14.0. The molecule has 0 saturated carbocycles. The van der Waals surface area contributed by atoms with Gasteiger partial charge in [-0.05, 0) is 18.1 Å². The Morgan fingerprint density at radius 3 is 2.24 bits per heavy atom. The van der Waals surface area contributed by atoms with Gasteiger partial charge in [-0.3, -0.25) is 4.90 Å². The summed E-state index contributed by atoms with van der Waals surface area (Å²) in [5.41, 5.74) is 1.07. The predicted octanol–water partition coefficient (Wildman–Crippen LogP) is 1.47. The molecular formula is C19H21F2NO3. The standard InChI is InChI=1S/C19H21F2NO3/c20-14-8-4-7-13(17(14)21)10-22-15(9-12-5-2-1-3-6-12)18(24)19(25)16(22)11-23/h1-8,15-16,18-19,23-25H,9-11H2/t15-,16+,18-,19+/m0/s1. The first-order valence-corrected chi connectivity index (χ1v) is 8.22. The summed E-state index contributed by atoms with van der Waals surface area (Å²) in [6.07, 6.45) is -1.82. The number of nitrogens with zero attached hydrogens (tertiary/aromatic N) is 1. The molecule has 0 spiro atoms. The quantitative estimate of drug-likeness (QED) is 0.765. The van der Waals surface area contributed by atoms with E-state index in [1.807, 2.05) is 30.3 Å². The molecule has 3 N–H and O–H groups in total. The number of aliphatic hydroxyl groups excluding tert-OH is 3. The monoisotopic (exact) mass is 349 g/mol. The molecule has 0 amide bonds. The fraction of sp³-hybridized carbons (Fsp3) is 0.368. The second-order valence-electron chi connectivity index (χ2n) is 6.37. The van der Waals surface area contributed by atoms with Crippen molar-refractivity contribution in [3.63, 3.8) is 0 Å². The van der Waals surface area contributed by atoms with E-state index in [4.69, 9.17) is 0 Å². The van der Waals surface area contributed by atoms with E-state index in [-0.39, 0.29) is 18.7 Å². The van der Waals surface area contributed by atoms with Crippen LogP contribution in [0.25, 0.3) is 0 Å². The molecule has 6 heteroatoms. The number of halogens is 2. The molecule has 4 nitrogen and oxygen atoms in total. The molecule has 1 saturated heterocycles. The molecule has 2 aromatic carbocycles. The number of hydrogen-bond donors (Lipinski definition) is 3. The van der Waals surface area contributed by atoms with Crippen LogP contribution in [0.2, 0.25) is 0 Å². The third-order valence-corrected chi connectivity index (χ3v) is 4.85. The van der Waals surface area contributed by atoms with Gasteiger partial charge in [-0.25, -0.2) is 8.78 Å². The van der Waals surface area contributed by atoms with Gasteiger partial charge in [0.25, 0.3) is 0 Å². The van der Waals surface area contributed by atoms with Gasteiger partial charge in [-0.2, -0.15) is 0 Å². The van der Waals surface area contributed by atoms with Gasteiger partial charge >= 0.3 is 0 Å². The van der Waals surface area contributed by atoms with Gasteiger partial charge in [0.2, 0.25) is 0 Å². The normalized spacial score (nSPS) is 26.9. The van der Waals surface area contributed by atoms with Crippen LogP contribution < -0.4 is 0 Å². The third kappa shape index (κ3) is 3.57. The van der Waals surface area contributed by atoms with Crippen LogP contribution in [-0.4, -0.2) is 51.1 Å². The van der Waals surface area contributed by atoms with Gasteiger partial charge in [0.15, 0.2) is 11.6 Å². The van der Waals surface area contributed by atoms with Gasteiger partial charge in [0, 0.05) is 18.2 Å². The Labute approximate surface area is 145 Å². The molecule has 134 valence electrons. The van der Waals surface area contributed by atoms with Gasteiger partial charge in [0.05, 0.1) is 24.9 Å². The summed E-state index contributed by atoms with van der Waals surface area (Å²) in [5.74, 6) is -1.90. The van der Waals surface area contributed by atoms with Crippen LogP contribution >= 0.6 is 0 Å². The molecule has 0 radical (unpaired) electrons. The smallest absolute Gasteiger partial charge is 0.163 e. The highest BCUT2D eigenvalue weighted by Gasteiger charge is 2.47. The minimum atomic E-state index is -1.16. The minimum Gasteiger partial charge on any atom is -0.395 e. The number of hydrogen-bond acceptors (Lipinski definition) is 4. The molecule has 1 fully saturated rings. The van der Waals surface area contributed by atoms with E-state index in [1.165, 1.54) is 12.1 Å². The SMILES string of the molecule is OC[C@@H]1[C@@H](O)[C@@H](O)[C@H](Cc2ccccc2)N1Cc1cccc(F)c1F. The fourth-order valence-electron chi connectivity index (χ4n) is 3.50. The Morgan fingerprint density at radius 1 is 0.880 bits per heavy atom. The van der Waals surface area contributed by atoms with Crippen LogP contribution in [0.4, 0.5) is 8.78 Å². The highest BCUT2D eigenvalue weighted by molar-refractivity contribution is 5.22. The zero-order valence-electron chi connectivity index (χ0n) is 13.6. The number of likely N-dealkylation sites (tertiary alicyclic amines) is 1.